The predicted octanol–water partition coefficient (Wildman–Crippen LogP) is 5.95. The topological polar surface area (TPSA) is 61.3 Å². The van der Waals surface area contributed by atoms with Crippen molar-refractivity contribution in [3.63, 3.8) is 0 Å². The summed E-state index contributed by atoms with van der Waals surface area (Å²) in [5.41, 5.74) is 6.38. The smallest absolute Gasteiger partial charge is 0.241 e. The van der Waals surface area contributed by atoms with Crippen molar-refractivity contribution in [3.05, 3.63) is 94.7 Å². The van der Waals surface area contributed by atoms with Gasteiger partial charge in [0.2, 0.25) is 5.88 Å². The van der Waals surface area contributed by atoms with E-state index in [-0.39, 0.29) is 12.4 Å². The first-order valence-electron chi connectivity index (χ1n) is 11.6. The largest absolute Gasteiger partial charge is 0.497 e. The lowest BCUT2D eigenvalue weighted by Gasteiger charge is -2.16. The second kappa shape index (κ2) is 9.87. The van der Waals surface area contributed by atoms with Crippen molar-refractivity contribution in [2.24, 2.45) is 0 Å². The number of nitrogens with zero attached hydrogens (tertiary/aromatic N) is 2. The summed E-state index contributed by atoms with van der Waals surface area (Å²) in [6.07, 6.45) is 8.33. The van der Waals surface area contributed by atoms with E-state index in [1.807, 2.05) is 72.8 Å². The fourth-order valence-electron chi connectivity index (χ4n) is 4.23. The van der Waals surface area contributed by atoms with E-state index in [0.29, 0.717) is 17.1 Å². The van der Waals surface area contributed by atoms with E-state index in [9.17, 15) is 4.79 Å². The van der Waals surface area contributed by atoms with Gasteiger partial charge in [0.15, 0.2) is 12.4 Å². The maximum absolute atomic E-state index is 12.9. The molecular weight excluding hydrogens is 424 g/mol. The van der Waals surface area contributed by atoms with Crippen LogP contribution in [0, 0.1) is 0 Å². The summed E-state index contributed by atoms with van der Waals surface area (Å²) in [5, 5.41) is 0. The number of para-hydroxylation sites is 2. The number of ketones is 1. The van der Waals surface area contributed by atoms with E-state index in [0.717, 1.165) is 35.2 Å². The Morgan fingerprint density at radius 2 is 1.62 bits per heavy atom. The number of fused-ring (bicyclic) bond motifs is 2. The first-order chi connectivity index (χ1) is 16.7. The highest BCUT2D eigenvalue weighted by Gasteiger charge is 2.15. The standard InChI is InChI=1S/C29H26N2O3/c1-33-24-15-10-20(11-16-24)12-17-27-29(31-26-9-5-4-8-25(26)30-27)34-19-28(32)23-14-13-21-6-2-3-7-22(21)18-23/h4-5,8-18H,2-3,6-7,19H2,1H3. The highest BCUT2D eigenvalue weighted by Crippen LogP contribution is 2.24. The maximum atomic E-state index is 12.9. The number of aromatic nitrogens is 2. The molecule has 0 spiro atoms. The number of rotatable bonds is 7. The summed E-state index contributed by atoms with van der Waals surface area (Å²) in [6.45, 7) is -0.0881. The second-order valence-corrected chi connectivity index (χ2v) is 8.41. The van der Waals surface area contributed by atoms with Crippen LogP contribution in [0.2, 0.25) is 0 Å². The Hall–Kier alpha value is -3.99. The molecule has 0 fully saturated rings. The van der Waals surface area contributed by atoms with Gasteiger partial charge in [0, 0.05) is 5.56 Å². The molecule has 1 aliphatic rings. The lowest BCUT2D eigenvalue weighted by atomic mass is 9.90. The van der Waals surface area contributed by atoms with Gasteiger partial charge in [-0.1, -0.05) is 42.5 Å². The van der Waals surface area contributed by atoms with Crippen molar-refractivity contribution >= 4 is 29.0 Å². The molecule has 0 atom stereocenters. The summed E-state index contributed by atoms with van der Waals surface area (Å²) in [6, 6.07) is 21.4. The minimum atomic E-state index is -0.0881. The molecule has 1 aliphatic carbocycles. The summed E-state index contributed by atoms with van der Waals surface area (Å²) in [5.74, 6) is 1.08. The number of methoxy groups -OCH3 is 1. The maximum Gasteiger partial charge on any atom is 0.241 e. The fourth-order valence-corrected chi connectivity index (χ4v) is 4.23. The van der Waals surface area contributed by atoms with Gasteiger partial charge in [-0.25, -0.2) is 9.97 Å². The van der Waals surface area contributed by atoms with E-state index < -0.39 is 0 Å². The average Bonchev–Trinajstić information content (AvgIpc) is 2.90. The van der Waals surface area contributed by atoms with Crippen LogP contribution in [0.5, 0.6) is 11.6 Å². The molecule has 5 rings (SSSR count). The van der Waals surface area contributed by atoms with Gasteiger partial charge in [-0.05, 0) is 78.8 Å². The monoisotopic (exact) mass is 450 g/mol. The van der Waals surface area contributed by atoms with Gasteiger partial charge in [-0.3, -0.25) is 4.79 Å². The molecule has 0 bridgehead atoms. The second-order valence-electron chi connectivity index (χ2n) is 8.41. The molecule has 1 aromatic heterocycles. The van der Waals surface area contributed by atoms with E-state index >= 15 is 0 Å². The molecule has 0 radical (unpaired) electrons. The molecule has 1 heterocycles. The molecule has 34 heavy (non-hydrogen) atoms. The summed E-state index contributed by atoms with van der Waals surface area (Å²) in [7, 11) is 1.64. The molecule has 5 nitrogen and oxygen atoms in total. The van der Waals surface area contributed by atoms with Gasteiger partial charge in [0.25, 0.3) is 0 Å². The average molecular weight is 451 g/mol. The van der Waals surface area contributed by atoms with Crippen LogP contribution in [-0.2, 0) is 12.8 Å². The third-order valence-corrected chi connectivity index (χ3v) is 6.12. The van der Waals surface area contributed by atoms with Gasteiger partial charge in [-0.2, -0.15) is 0 Å². The highest BCUT2D eigenvalue weighted by atomic mass is 16.5. The van der Waals surface area contributed by atoms with E-state index in [1.165, 1.54) is 24.0 Å². The Balaban J connectivity index is 1.39. The SMILES string of the molecule is COc1ccc(C=Cc2nc3ccccc3nc2OCC(=O)c2ccc3c(c2)CCCC3)cc1. The molecule has 0 unspecified atom stereocenters. The molecule has 0 aliphatic heterocycles. The minimum absolute atomic E-state index is 0.0617. The van der Waals surface area contributed by atoms with Crippen LogP contribution in [-0.4, -0.2) is 29.5 Å². The van der Waals surface area contributed by atoms with Crippen molar-refractivity contribution in [2.45, 2.75) is 25.7 Å². The Kier molecular flexibility index (Phi) is 6.34. The molecule has 5 heteroatoms. The van der Waals surface area contributed by atoms with Crippen LogP contribution in [0.3, 0.4) is 0 Å². The number of benzene rings is 3. The van der Waals surface area contributed by atoms with Crippen LogP contribution >= 0.6 is 0 Å². The van der Waals surface area contributed by atoms with Crippen LogP contribution in [0.15, 0.2) is 66.7 Å². The third kappa shape index (κ3) is 4.84. The van der Waals surface area contributed by atoms with Crippen molar-refractivity contribution in [2.75, 3.05) is 13.7 Å². The molecule has 4 aromatic rings. The molecule has 0 amide bonds. The van der Waals surface area contributed by atoms with Gasteiger partial charge in [-0.15, -0.1) is 0 Å². The van der Waals surface area contributed by atoms with Gasteiger partial charge in [0.05, 0.1) is 18.1 Å². The quantitative estimate of drug-likeness (QED) is 0.326. The molecule has 0 saturated heterocycles. The number of aryl methyl sites for hydroxylation is 2. The van der Waals surface area contributed by atoms with Gasteiger partial charge < -0.3 is 9.47 Å². The Morgan fingerprint density at radius 3 is 2.38 bits per heavy atom. The van der Waals surface area contributed by atoms with Crippen LogP contribution < -0.4 is 9.47 Å². The summed E-state index contributed by atoms with van der Waals surface area (Å²) < 4.78 is 11.2. The summed E-state index contributed by atoms with van der Waals surface area (Å²) >= 11 is 0. The van der Waals surface area contributed by atoms with Crippen molar-refractivity contribution in [3.8, 4) is 11.6 Å². The third-order valence-electron chi connectivity index (χ3n) is 6.12. The van der Waals surface area contributed by atoms with E-state index in [4.69, 9.17) is 14.5 Å². The highest BCUT2D eigenvalue weighted by molar-refractivity contribution is 5.97. The van der Waals surface area contributed by atoms with Crippen molar-refractivity contribution in [1.82, 2.24) is 9.97 Å². The number of carbonyl (C=O) groups excluding carboxylic acids is 1. The lowest BCUT2D eigenvalue weighted by molar-refractivity contribution is 0.0918. The molecular formula is C29H26N2O3. The Bertz CT molecular complexity index is 1360. The molecule has 0 N–H and O–H groups in total. The Labute approximate surface area is 199 Å². The van der Waals surface area contributed by atoms with E-state index in [1.54, 1.807) is 7.11 Å². The predicted molar refractivity (Wildman–Crippen MR) is 134 cm³/mol. The zero-order chi connectivity index (χ0) is 23.3. The molecule has 170 valence electrons. The molecule has 3 aromatic carbocycles. The first kappa shape index (κ1) is 21.8. The number of ether oxygens (including phenoxy) is 2. The summed E-state index contributed by atoms with van der Waals surface area (Å²) in [4.78, 5) is 22.3. The number of hydrogen-bond donors (Lipinski definition) is 0. The first-order valence-corrected chi connectivity index (χ1v) is 11.6. The Morgan fingerprint density at radius 1 is 0.882 bits per heavy atom. The normalized spacial score (nSPS) is 13.1. The van der Waals surface area contributed by atoms with Gasteiger partial charge in [0.1, 0.15) is 11.4 Å². The number of hydrogen-bond acceptors (Lipinski definition) is 5. The lowest BCUT2D eigenvalue weighted by Crippen LogP contribution is -2.14. The number of Topliss-reactive ketones (excluding diaryl/α,β-unsaturated/α-hetero) is 1. The van der Waals surface area contributed by atoms with E-state index in [2.05, 4.69) is 11.1 Å². The molecule has 0 saturated carbocycles. The minimum Gasteiger partial charge on any atom is -0.497 e. The number of carbonyl (C=O) groups is 1. The van der Waals surface area contributed by atoms with Crippen molar-refractivity contribution in [1.29, 1.82) is 0 Å². The fraction of sp³-hybridized carbons (Fsp3) is 0.207. The van der Waals surface area contributed by atoms with Crippen LogP contribution in [0.4, 0.5) is 0 Å². The van der Waals surface area contributed by atoms with Crippen LogP contribution in [0.1, 0.15) is 45.6 Å². The zero-order valence-corrected chi connectivity index (χ0v) is 19.2. The van der Waals surface area contributed by atoms with Gasteiger partial charge >= 0.3 is 0 Å². The zero-order valence-electron chi connectivity index (χ0n) is 19.2. The van der Waals surface area contributed by atoms with Crippen LogP contribution in [0.25, 0.3) is 23.2 Å². The van der Waals surface area contributed by atoms with Crippen molar-refractivity contribution < 1.29 is 14.3 Å².